The van der Waals surface area contributed by atoms with Gasteiger partial charge in [0.1, 0.15) is 5.75 Å². The summed E-state index contributed by atoms with van der Waals surface area (Å²) >= 11 is 0. The molecule has 1 saturated heterocycles. The Kier molecular flexibility index (Phi) is 4.40. The number of aryl methyl sites for hydroxylation is 1. The molecule has 144 valence electrons. The molecule has 3 atom stereocenters. The normalized spacial score (nSPS) is 23.4. The van der Waals surface area contributed by atoms with Crippen molar-refractivity contribution in [2.24, 2.45) is 5.92 Å². The van der Waals surface area contributed by atoms with Gasteiger partial charge in [0, 0.05) is 18.5 Å². The van der Waals surface area contributed by atoms with Crippen LogP contribution in [0, 0.1) is 5.92 Å². The fraction of sp³-hybridized carbons (Fsp3) is 0.391. The van der Waals surface area contributed by atoms with Crippen LogP contribution in [-0.2, 0) is 13.0 Å². The number of nitrogens with zero attached hydrogens (tertiary/aromatic N) is 2. The first-order chi connectivity index (χ1) is 13.8. The van der Waals surface area contributed by atoms with Crippen LogP contribution in [-0.4, -0.2) is 29.2 Å². The maximum absolute atomic E-state index is 12.8. The number of fused-ring (bicyclic) bond motifs is 4. The summed E-state index contributed by atoms with van der Waals surface area (Å²) in [5, 5.41) is 4.42. The lowest BCUT2D eigenvalue weighted by Gasteiger charge is -2.32. The van der Waals surface area contributed by atoms with E-state index in [1.54, 1.807) is 18.0 Å². The molecule has 1 aliphatic heterocycles. The van der Waals surface area contributed by atoms with Crippen molar-refractivity contribution in [1.82, 2.24) is 14.9 Å². The van der Waals surface area contributed by atoms with Gasteiger partial charge in [-0.2, -0.15) is 0 Å². The van der Waals surface area contributed by atoms with Crippen LogP contribution in [0.2, 0.25) is 0 Å². The van der Waals surface area contributed by atoms with E-state index in [-0.39, 0.29) is 5.56 Å². The molecule has 0 amide bonds. The van der Waals surface area contributed by atoms with E-state index in [9.17, 15) is 4.79 Å². The van der Waals surface area contributed by atoms with Gasteiger partial charge in [0.25, 0.3) is 5.56 Å². The summed E-state index contributed by atoms with van der Waals surface area (Å²) in [4.78, 5) is 17.2. The van der Waals surface area contributed by atoms with Crippen molar-refractivity contribution < 1.29 is 4.74 Å². The molecule has 0 saturated carbocycles. The molecule has 0 bridgehead atoms. The highest BCUT2D eigenvalue weighted by Gasteiger charge is 2.40. The van der Waals surface area contributed by atoms with E-state index in [1.165, 1.54) is 17.5 Å². The average molecular weight is 375 g/mol. The van der Waals surface area contributed by atoms with Crippen molar-refractivity contribution in [3.63, 3.8) is 0 Å². The number of hydrogen-bond acceptors (Lipinski definition) is 4. The van der Waals surface area contributed by atoms with Crippen LogP contribution in [0.5, 0.6) is 5.75 Å². The first kappa shape index (κ1) is 17.4. The highest BCUT2D eigenvalue weighted by Crippen LogP contribution is 2.45. The van der Waals surface area contributed by atoms with Gasteiger partial charge in [-0.25, -0.2) is 4.98 Å². The van der Waals surface area contributed by atoms with Gasteiger partial charge in [-0.1, -0.05) is 24.3 Å². The number of methoxy groups -OCH3 is 1. The SMILES string of the molecule is COc1cccc2c1CCC1CNC(CCn3cnc4ccccc4c3=O)C21. The fourth-order valence-electron chi connectivity index (χ4n) is 5.15. The maximum atomic E-state index is 12.8. The molecule has 2 aliphatic rings. The Bertz CT molecular complexity index is 1070. The van der Waals surface area contributed by atoms with Crippen molar-refractivity contribution in [3.8, 4) is 5.75 Å². The molecule has 28 heavy (non-hydrogen) atoms. The second kappa shape index (κ2) is 7.06. The molecule has 0 radical (unpaired) electrons. The lowest BCUT2D eigenvalue weighted by atomic mass is 9.73. The number of nitrogens with one attached hydrogen (secondary N) is 1. The van der Waals surface area contributed by atoms with Gasteiger partial charge in [-0.3, -0.25) is 9.36 Å². The Balaban J connectivity index is 1.41. The minimum absolute atomic E-state index is 0.0471. The quantitative estimate of drug-likeness (QED) is 0.761. The number of aromatic nitrogens is 2. The Morgan fingerprint density at radius 1 is 1.21 bits per heavy atom. The van der Waals surface area contributed by atoms with Crippen LogP contribution in [0.4, 0.5) is 0 Å². The van der Waals surface area contributed by atoms with Gasteiger partial charge in [0.2, 0.25) is 0 Å². The van der Waals surface area contributed by atoms with Crippen LogP contribution >= 0.6 is 0 Å². The van der Waals surface area contributed by atoms with E-state index in [2.05, 4.69) is 28.5 Å². The first-order valence-corrected chi connectivity index (χ1v) is 10.1. The second-order valence-corrected chi connectivity index (χ2v) is 7.92. The Morgan fingerprint density at radius 3 is 3.00 bits per heavy atom. The summed E-state index contributed by atoms with van der Waals surface area (Å²) in [5.74, 6) is 2.16. The fourth-order valence-corrected chi connectivity index (χ4v) is 5.15. The Labute approximate surface area is 164 Å². The van der Waals surface area contributed by atoms with Gasteiger partial charge < -0.3 is 10.1 Å². The standard InChI is InChI=1S/C23H25N3O2/c1-28-21-8-4-6-17-16(21)10-9-15-13-24-20(22(15)17)11-12-26-14-25-19-7-3-2-5-18(19)23(26)27/h2-8,14-15,20,22,24H,9-13H2,1H3. The highest BCUT2D eigenvalue weighted by atomic mass is 16.5. The predicted molar refractivity (Wildman–Crippen MR) is 110 cm³/mol. The van der Waals surface area contributed by atoms with Crippen LogP contribution in [0.25, 0.3) is 10.9 Å². The third-order valence-electron chi connectivity index (χ3n) is 6.51. The van der Waals surface area contributed by atoms with E-state index in [1.807, 2.05) is 24.3 Å². The van der Waals surface area contributed by atoms with E-state index >= 15 is 0 Å². The molecule has 1 aromatic heterocycles. The largest absolute Gasteiger partial charge is 0.496 e. The highest BCUT2D eigenvalue weighted by molar-refractivity contribution is 5.76. The van der Waals surface area contributed by atoms with Gasteiger partial charge in [0.05, 0.1) is 24.3 Å². The third-order valence-corrected chi connectivity index (χ3v) is 6.51. The number of ether oxygens (including phenoxy) is 1. The monoisotopic (exact) mass is 375 g/mol. The lowest BCUT2D eigenvalue weighted by Crippen LogP contribution is -2.31. The van der Waals surface area contributed by atoms with Crippen molar-refractivity contribution in [2.45, 2.75) is 37.8 Å². The maximum Gasteiger partial charge on any atom is 0.261 e. The van der Waals surface area contributed by atoms with Gasteiger partial charge >= 0.3 is 0 Å². The zero-order valence-electron chi connectivity index (χ0n) is 16.1. The molecule has 2 heterocycles. The van der Waals surface area contributed by atoms with Crippen LogP contribution in [0.3, 0.4) is 0 Å². The van der Waals surface area contributed by atoms with E-state index in [0.29, 0.717) is 29.8 Å². The minimum Gasteiger partial charge on any atom is -0.496 e. The zero-order valence-corrected chi connectivity index (χ0v) is 16.1. The van der Waals surface area contributed by atoms with Gasteiger partial charge in [0.15, 0.2) is 0 Å². The summed E-state index contributed by atoms with van der Waals surface area (Å²) in [5.41, 5.74) is 3.60. The van der Waals surface area contributed by atoms with E-state index in [0.717, 1.165) is 30.7 Å². The molecule has 1 aliphatic carbocycles. The van der Waals surface area contributed by atoms with Crippen molar-refractivity contribution in [1.29, 1.82) is 0 Å². The van der Waals surface area contributed by atoms with Crippen molar-refractivity contribution >= 4 is 10.9 Å². The molecule has 1 N–H and O–H groups in total. The molecular weight excluding hydrogens is 350 g/mol. The molecule has 3 aromatic rings. The molecule has 2 aromatic carbocycles. The van der Waals surface area contributed by atoms with E-state index in [4.69, 9.17) is 4.74 Å². The third kappa shape index (κ3) is 2.81. The van der Waals surface area contributed by atoms with Crippen LogP contribution in [0.1, 0.15) is 29.9 Å². The summed E-state index contributed by atoms with van der Waals surface area (Å²) in [6, 6.07) is 14.4. The first-order valence-electron chi connectivity index (χ1n) is 10.1. The number of para-hydroxylation sites is 1. The van der Waals surface area contributed by atoms with Crippen molar-refractivity contribution in [3.05, 3.63) is 70.3 Å². The Morgan fingerprint density at radius 2 is 2.11 bits per heavy atom. The molecular formula is C23H25N3O2. The van der Waals surface area contributed by atoms with Crippen molar-refractivity contribution in [2.75, 3.05) is 13.7 Å². The summed E-state index contributed by atoms with van der Waals surface area (Å²) in [6.45, 7) is 1.73. The lowest BCUT2D eigenvalue weighted by molar-refractivity contribution is 0.371. The smallest absolute Gasteiger partial charge is 0.261 e. The second-order valence-electron chi connectivity index (χ2n) is 7.92. The number of rotatable bonds is 4. The molecule has 5 nitrogen and oxygen atoms in total. The van der Waals surface area contributed by atoms with Crippen LogP contribution < -0.4 is 15.6 Å². The zero-order chi connectivity index (χ0) is 19.1. The predicted octanol–water partition coefficient (Wildman–Crippen LogP) is 3.11. The number of benzene rings is 2. The molecule has 0 spiro atoms. The number of hydrogen-bond donors (Lipinski definition) is 1. The van der Waals surface area contributed by atoms with Gasteiger partial charge in [-0.15, -0.1) is 0 Å². The average Bonchev–Trinajstić information content (AvgIpc) is 3.16. The minimum atomic E-state index is 0.0471. The van der Waals surface area contributed by atoms with Crippen LogP contribution in [0.15, 0.2) is 53.6 Å². The molecule has 3 unspecified atom stereocenters. The summed E-state index contributed by atoms with van der Waals surface area (Å²) in [6.07, 6.45) is 4.88. The molecule has 1 fully saturated rings. The van der Waals surface area contributed by atoms with Gasteiger partial charge in [-0.05, 0) is 61.1 Å². The molecule has 5 heteroatoms. The molecule has 5 rings (SSSR count). The van der Waals surface area contributed by atoms with E-state index < -0.39 is 0 Å². The summed E-state index contributed by atoms with van der Waals surface area (Å²) in [7, 11) is 1.76. The topological polar surface area (TPSA) is 56.1 Å². The Hall–Kier alpha value is -2.66. The summed E-state index contributed by atoms with van der Waals surface area (Å²) < 4.78 is 7.36.